The predicted octanol–water partition coefficient (Wildman–Crippen LogP) is 5.11. The van der Waals surface area contributed by atoms with E-state index in [-0.39, 0.29) is 17.2 Å². The molecule has 0 bridgehead atoms. The third kappa shape index (κ3) is 4.64. The first-order valence-electron chi connectivity index (χ1n) is 7.81. The molecule has 0 saturated heterocycles. The summed E-state index contributed by atoms with van der Waals surface area (Å²) in [6, 6.07) is 6.15. The number of benzene rings is 1. The van der Waals surface area contributed by atoms with Crippen LogP contribution in [0.5, 0.6) is 5.75 Å². The summed E-state index contributed by atoms with van der Waals surface area (Å²) >= 11 is 5.85. The monoisotopic (exact) mass is 325 g/mol. The Morgan fingerprint density at radius 3 is 2.50 bits per heavy atom. The fourth-order valence-electron chi connectivity index (χ4n) is 2.61. The molecule has 1 rings (SSSR count). The van der Waals surface area contributed by atoms with Gasteiger partial charge in [0.25, 0.3) is 0 Å². The summed E-state index contributed by atoms with van der Waals surface area (Å²) in [5, 5.41) is 8.24. The van der Waals surface area contributed by atoms with Crippen molar-refractivity contribution in [3.05, 3.63) is 29.3 Å². The van der Waals surface area contributed by atoms with E-state index in [1.165, 1.54) is 0 Å². The molecule has 0 aliphatic rings. The van der Waals surface area contributed by atoms with Crippen molar-refractivity contribution >= 4 is 17.5 Å². The molecule has 0 aliphatic carbocycles. The van der Waals surface area contributed by atoms with Gasteiger partial charge in [-0.3, -0.25) is 5.41 Å². The van der Waals surface area contributed by atoms with Gasteiger partial charge in [-0.1, -0.05) is 39.0 Å². The fraction of sp³-hybridized carbons (Fsp3) is 0.611. The van der Waals surface area contributed by atoms with Crippen LogP contribution in [0.1, 0.15) is 57.6 Å². The van der Waals surface area contributed by atoms with Gasteiger partial charge in [-0.15, -0.1) is 11.6 Å². The Bertz CT molecular complexity index is 494. The van der Waals surface area contributed by atoms with Gasteiger partial charge in [0.2, 0.25) is 0 Å². The van der Waals surface area contributed by atoms with E-state index in [0.29, 0.717) is 12.5 Å². The molecule has 4 heteroatoms. The molecule has 0 aliphatic heterocycles. The maximum absolute atomic E-state index is 8.24. The lowest BCUT2D eigenvalue weighted by atomic mass is 9.82. The Morgan fingerprint density at radius 2 is 2.00 bits per heavy atom. The molecule has 1 N–H and O–H groups in total. The number of hydrogen-bond donors (Lipinski definition) is 1. The van der Waals surface area contributed by atoms with E-state index >= 15 is 0 Å². The van der Waals surface area contributed by atoms with E-state index in [9.17, 15) is 0 Å². The number of halogens is 1. The average molecular weight is 326 g/mol. The zero-order valence-corrected chi connectivity index (χ0v) is 15.1. The fourth-order valence-corrected chi connectivity index (χ4v) is 2.77. The zero-order chi connectivity index (χ0) is 16.8. The van der Waals surface area contributed by atoms with Gasteiger partial charge >= 0.3 is 0 Å². The first-order chi connectivity index (χ1) is 10.4. The first-order valence-corrected chi connectivity index (χ1v) is 8.34. The summed E-state index contributed by atoms with van der Waals surface area (Å²) in [6.45, 7) is 8.89. The van der Waals surface area contributed by atoms with Gasteiger partial charge < -0.3 is 9.47 Å². The average Bonchev–Trinajstić information content (AvgIpc) is 2.46. The van der Waals surface area contributed by atoms with Crippen molar-refractivity contribution < 1.29 is 9.47 Å². The topological polar surface area (TPSA) is 42.3 Å². The summed E-state index contributed by atoms with van der Waals surface area (Å²) < 4.78 is 11.2. The molecular formula is C18H28ClNO2. The van der Waals surface area contributed by atoms with Gasteiger partial charge in [0.05, 0.1) is 19.6 Å². The van der Waals surface area contributed by atoms with Crippen LogP contribution in [0.15, 0.2) is 18.2 Å². The molecule has 0 aromatic heterocycles. The molecule has 0 fully saturated rings. The molecule has 1 aromatic carbocycles. The van der Waals surface area contributed by atoms with Crippen molar-refractivity contribution in [2.45, 2.75) is 51.9 Å². The Labute approximate surface area is 139 Å². The second-order valence-corrected chi connectivity index (χ2v) is 6.74. The second kappa shape index (κ2) is 8.42. The van der Waals surface area contributed by atoms with Gasteiger partial charge in [0.15, 0.2) is 5.90 Å². The molecule has 22 heavy (non-hydrogen) atoms. The molecular weight excluding hydrogens is 298 g/mol. The second-order valence-electron chi connectivity index (χ2n) is 6.36. The van der Waals surface area contributed by atoms with E-state index < -0.39 is 0 Å². The molecule has 1 unspecified atom stereocenters. The number of alkyl halides is 1. The van der Waals surface area contributed by atoms with Crippen molar-refractivity contribution in [2.24, 2.45) is 0 Å². The Kier molecular flexibility index (Phi) is 7.21. The molecule has 0 amide bonds. The highest BCUT2D eigenvalue weighted by Gasteiger charge is 2.27. The van der Waals surface area contributed by atoms with Gasteiger partial charge in [-0.25, -0.2) is 0 Å². The number of methoxy groups -OCH3 is 1. The summed E-state index contributed by atoms with van der Waals surface area (Å²) in [5.74, 6) is 1.61. The first kappa shape index (κ1) is 18.8. The standard InChI is InChI=1S/C18H28ClNO2/c1-6-22-17(20)14(10-8-12-19)13-9-7-11-15(16(13)21-5)18(2,3)4/h7,9,11,14,20H,6,8,10,12H2,1-5H3. The molecule has 0 saturated carbocycles. The maximum atomic E-state index is 8.24. The number of ether oxygens (including phenoxy) is 2. The number of para-hydroxylation sites is 1. The largest absolute Gasteiger partial charge is 0.496 e. The highest BCUT2D eigenvalue weighted by atomic mass is 35.5. The van der Waals surface area contributed by atoms with Crippen LogP contribution in [0.4, 0.5) is 0 Å². The van der Waals surface area contributed by atoms with Crippen LogP contribution < -0.4 is 4.74 Å². The van der Waals surface area contributed by atoms with Crippen LogP contribution in [0.25, 0.3) is 0 Å². The molecule has 0 radical (unpaired) electrons. The SMILES string of the molecule is CCOC(=N)C(CCCCl)c1cccc(C(C)(C)C)c1OC. The Hall–Kier alpha value is -1.22. The van der Waals surface area contributed by atoms with E-state index in [2.05, 4.69) is 26.8 Å². The summed E-state index contributed by atoms with van der Waals surface area (Å²) in [5.41, 5.74) is 2.14. The van der Waals surface area contributed by atoms with Crippen LogP contribution in [0.3, 0.4) is 0 Å². The van der Waals surface area contributed by atoms with Crippen LogP contribution in [0, 0.1) is 5.41 Å². The minimum atomic E-state index is -0.115. The minimum Gasteiger partial charge on any atom is -0.496 e. The molecule has 0 heterocycles. The summed E-state index contributed by atoms with van der Waals surface area (Å²) in [7, 11) is 1.69. The zero-order valence-electron chi connectivity index (χ0n) is 14.3. The normalized spacial score (nSPS) is 12.8. The van der Waals surface area contributed by atoms with Gasteiger partial charge in [0, 0.05) is 11.4 Å². The Balaban J connectivity index is 3.31. The number of rotatable bonds is 7. The molecule has 1 atom stereocenters. The van der Waals surface area contributed by atoms with E-state index in [4.69, 9.17) is 26.5 Å². The molecule has 1 aromatic rings. The van der Waals surface area contributed by atoms with Crippen LogP contribution >= 0.6 is 11.6 Å². The summed E-state index contributed by atoms with van der Waals surface area (Å²) in [6.07, 6.45) is 1.62. The third-order valence-corrected chi connectivity index (χ3v) is 3.94. The third-order valence-electron chi connectivity index (χ3n) is 3.68. The maximum Gasteiger partial charge on any atom is 0.188 e. The van der Waals surface area contributed by atoms with Crippen molar-refractivity contribution in [3.63, 3.8) is 0 Å². The smallest absolute Gasteiger partial charge is 0.188 e. The molecule has 124 valence electrons. The Morgan fingerprint density at radius 1 is 1.32 bits per heavy atom. The minimum absolute atomic E-state index is 0.0216. The van der Waals surface area contributed by atoms with Crippen molar-refractivity contribution in [1.29, 1.82) is 5.41 Å². The lowest BCUT2D eigenvalue weighted by Gasteiger charge is -2.27. The van der Waals surface area contributed by atoms with Gasteiger partial charge in [-0.05, 0) is 30.7 Å². The van der Waals surface area contributed by atoms with Crippen LogP contribution in [-0.4, -0.2) is 25.5 Å². The van der Waals surface area contributed by atoms with Crippen molar-refractivity contribution in [1.82, 2.24) is 0 Å². The van der Waals surface area contributed by atoms with E-state index in [1.54, 1.807) is 7.11 Å². The number of nitrogens with one attached hydrogen (secondary N) is 1. The van der Waals surface area contributed by atoms with E-state index in [1.807, 2.05) is 19.1 Å². The van der Waals surface area contributed by atoms with Crippen LogP contribution in [-0.2, 0) is 10.2 Å². The number of hydrogen-bond acceptors (Lipinski definition) is 3. The quantitative estimate of drug-likeness (QED) is 0.430. The van der Waals surface area contributed by atoms with E-state index in [0.717, 1.165) is 29.7 Å². The van der Waals surface area contributed by atoms with Crippen LogP contribution in [0.2, 0.25) is 0 Å². The van der Waals surface area contributed by atoms with Crippen molar-refractivity contribution in [3.8, 4) is 5.75 Å². The van der Waals surface area contributed by atoms with Crippen molar-refractivity contribution in [2.75, 3.05) is 19.6 Å². The predicted molar refractivity (Wildman–Crippen MR) is 93.7 cm³/mol. The highest BCUT2D eigenvalue weighted by molar-refractivity contribution is 6.17. The molecule has 0 spiro atoms. The highest BCUT2D eigenvalue weighted by Crippen LogP contribution is 2.39. The van der Waals surface area contributed by atoms with Gasteiger partial charge in [-0.2, -0.15) is 0 Å². The summed E-state index contributed by atoms with van der Waals surface area (Å²) in [4.78, 5) is 0. The molecule has 3 nitrogen and oxygen atoms in total. The van der Waals surface area contributed by atoms with Gasteiger partial charge in [0.1, 0.15) is 5.75 Å². The lowest BCUT2D eigenvalue weighted by Crippen LogP contribution is -2.19. The lowest BCUT2D eigenvalue weighted by molar-refractivity contribution is 0.303.